The van der Waals surface area contributed by atoms with Gasteiger partial charge in [-0.25, -0.2) is 4.98 Å². The average molecular weight is 510 g/mol. The summed E-state index contributed by atoms with van der Waals surface area (Å²) in [7, 11) is 0. The predicted molar refractivity (Wildman–Crippen MR) is 116 cm³/mol. The average Bonchev–Trinajstić information content (AvgIpc) is 3.21. The summed E-state index contributed by atoms with van der Waals surface area (Å²) in [5, 5.41) is 12.4. The van der Waals surface area contributed by atoms with E-state index in [1.54, 1.807) is 0 Å². The molecule has 7 heteroatoms. The molecule has 28 heavy (non-hydrogen) atoms. The zero-order valence-corrected chi connectivity index (χ0v) is 18.5. The zero-order valence-electron chi connectivity index (χ0n) is 15.3. The van der Waals surface area contributed by atoms with E-state index in [0.29, 0.717) is 6.61 Å². The van der Waals surface area contributed by atoms with Crippen molar-refractivity contribution in [3.8, 4) is 5.75 Å². The number of halogens is 2. The summed E-state index contributed by atoms with van der Waals surface area (Å²) in [5.74, 6) is 1.23. The topological polar surface area (TPSA) is 71.5 Å². The Hall–Kier alpha value is -1.60. The molecule has 1 aromatic heterocycles. The van der Waals surface area contributed by atoms with E-state index in [-0.39, 0.29) is 21.5 Å². The number of anilines is 1. The Bertz CT molecular complexity index is 870. The van der Waals surface area contributed by atoms with Crippen LogP contribution in [0.4, 0.5) is 5.82 Å². The van der Waals surface area contributed by atoms with E-state index < -0.39 is 5.97 Å². The molecule has 2 atom stereocenters. The molecular weight excluding hydrogens is 488 g/mol. The number of hydrogen-bond donors (Lipinski definition) is 2. The number of alkyl halides is 2. The first-order chi connectivity index (χ1) is 13.4. The van der Waals surface area contributed by atoms with E-state index in [0.717, 1.165) is 48.6 Å². The fraction of sp³-hybridized carbons (Fsp3) is 0.429. The molecule has 5 nitrogen and oxygen atoms in total. The Morgan fingerprint density at radius 3 is 2.79 bits per heavy atom. The van der Waals surface area contributed by atoms with Crippen LogP contribution >= 0.6 is 31.9 Å². The van der Waals surface area contributed by atoms with Gasteiger partial charge in [0.2, 0.25) is 0 Å². The van der Waals surface area contributed by atoms with Gasteiger partial charge in [0.05, 0.1) is 16.3 Å². The van der Waals surface area contributed by atoms with E-state index in [9.17, 15) is 4.79 Å². The first kappa shape index (κ1) is 19.7. The maximum absolute atomic E-state index is 11.0. The van der Waals surface area contributed by atoms with Gasteiger partial charge in [-0.1, -0.05) is 50.1 Å². The highest BCUT2D eigenvalue weighted by Gasteiger charge is 2.62. The van der Waals surface area contributed by atoms with Gasteiger partial charge in [-0.05, 0) is 42.2 Å². The van der Waals surface area contributed by atoms with Crippen molar-refractivity contribution < 1.29 is 14.6 Å². The number of carboxylic acids is 1. The van der Waals surface area contributed by atoms with Gasteiger partial charge in [0.25, 0.3) is 0 Å². The smallest absolute Gasteiger partial charge is 0.303 e. The molecule has 4 rings (SSSR count). The van der Waals surface area contributed by atoms with Crippen LogP contribution in [0, 0.1) is 5.92 Å². The zero-order chi connectivity index (χ0) is 19.7. The molecule has 0 radical (unpaired) electrons. The van der Waals surface area contributed by atoms with Gasteiger partial charge in [-0.15, -0.1) is 0 Å². The van der Waals surface area contributed by atoms with Crippen LogP contribution in [0.15, 0.2) is 36.4 Å². The van der Waals surface area contributed by atoms with Crippen LogP contribution < -0.4 is 10.1 Å². The van der Waals surface area contributed by atoms with Crippen LogP contribution in [0.1, 0.15) is 35.6 Å². The van der Waals surface area contributed by atoms with Gasteiger partial charge >= 0.3 is 5.97 Å². The summed E-state index contributed by atoms with van der Waals surface area (Å²) >= 11 is 7.21. The molecule has 2 N–H and O–H groups in total. The number of carbonyl (C=O) groups is 1. The third kappa shape index (κ3) is 4.20. The molecule has 0 amide bonds. The Kier molecular flexibility index (Phi) is 5.65. The Balaban J connectivity index is 1.31. The number of aryl methyl sites for hydroxylation is 1. The van der Waals surface area contributed by atoms with E-state index in [2.05, 4.69) is 54.3 Å². The minimum atomic E-state index is -0.776. The molecule has 0 saturated heterocycles. The maximum atomic E-state index is 11.0. The van der Waals surface area contributed by atoms with Crippen LogP contribution in [0.5, 0.6) is 5.75 Å². The summed E-state index contributed by atoms with van der Waals surface area (Å²) < 4.78 is 5.55. The maximum Gasteiger partial charge on any atom is 0.303 e. The molecule has 0 bridgehead atoms. The van der Waals surface area contributed by atoms with Crippen molar-refractivity contribution in [1.29, 1.82) is 0 Å². The number of carboxylic acid groups (broad SMARTS) is 1. The lowest BCUT2D eigenvalue weighted by molar-refractivity contribution is -0.137. The van der Waals surface area contributed by atoms with Crippen molar-refractivity contribution in [2.75, 3.05) is 18.5 Å². The number of benzene rings is 1. The second-order valence-electron chi connectivity index (χ2n) is 7.36. The number of aromatic nitrogens is 1. The molecule has 2 unspecified atom stereocenters. The molecule has 0 spiro atoms. The number of pyridine rings is 1. The number of hydrogen-bond acceptors (Lipinski definition) is 4. The summed E-state index contributed by atoms with van der Waals surface area (Å²) in [6, 6.07) is 12.2. The highest BCUT2D eigenvalue weighted by molar-refractivity contribution is 9.25. The van der Waals surface area contributed by atoms with E-state index in [4.69, 9.17) is 9.84 Å². The molecule has 148 valence electrons. The number of fused-ring (bicyclic) bond motifs is 1. The minimum absolute atomic E-state index is 0.0421. The lowest BCUT2D eigenvalue weighted by atomic mass is 10.1. The van der Waals surface area contributed by atoms with E-state index in [1.807, 2.05) is 24.3 Å². The second-order valence-corrected chi connectivity index (χ2v) is 11.1. The monoisotopic (exact) mass is 508 g/mol. The fourth-order valence-corrected chi connectivity index (χ4v) is 5.59. The van der Waals surface area contributed by atoms with Gasteiger partial charge in [0.1, 0.15) is 11.6 Å². The van der Waals surface area contributed by atoms with Gasteiger partial charge in [0.15, 0.2) is 0 Å². The van der Waals surface area contributed by atoms with Crippen LogP contribution in [-0.4, -0.2) is 32.4 Å². The van der Waals surface area contributed by atoms with Gasteiger partial charge in [-0.3, -0.25) is 4.79 Å². The van der Waals surface area contributed by atoms with Crippen LogP contribution in [0.25, 0.3) is 0 Å². The highest BCUT2D eigenvalue weighted by Crippen LogP contribution is 2.68. The first-order valence-electron chi connectivity index (χ1n) is 9.50. The minimum Gasteiger partial charge on any atom is -0.493 e. The molecular formula is C21H22Br2N2O3. The van der Waals surface area contributed by atoms with Crippen molar-refractivity contribution in [2.45, 2.75) is 34.8 Å². The molecule has 2 heterocycles. The molecule has 1 fully saturated rings. The van der Waals surface area contributed by atoms with E-state index in [1.165, 1.54) is 5.56 Å². The van der Waals surface area contributed by atoms with Crippen molar-refractivity contribution in [1.82, 2.24) is 4.98 Å². The molecule has 2 aromatic rings. The number of nitrogens with one attached hydrogen (secondary N) is 1. The summed E-state index contributed by atoms with van der Waals surface area (Å²) in [4.78, 5) is 15.7. The lowest BCUT2D eigenvalue weighted by Crippen LogP contribution is -2.14. The quantitative estimate of drug-likeness (QED) is 0.527. The van der Waals surface area contributed by atoms with Crippen LogP contribution in [0.3, 0.4) is 0 Å². The first-order valence-corrected chi connectivity index (χ1v) is 11.1. The SMILES string of the molecule is O=C(O)CC1C(c2ccc(OCCc3ccc4c(n3)NCCC4)cc2)C1(Br)Br. The third-order valence-corrected chi connectivity index (χ3v) is 7.58. The van der Waals surface area contributed by atoms with Crippen molar-refractivity contribution in [3.63, 3.8) is 0 Å². The molecule has 2 aliphatic rings. The third-order valence-electron chi connectivity index (χ3n) is 5.41. The molecule has 1 aliphatic carbocycles. The normalized spacial score (nSPS) is 22.1. The number of nitrogens with zero attached hydrogens (tertiary/aromatic N) is 1. The Labute approximate surface area is 181 Å². The van der Waals surface area contributed by atoms with Gasteiger partial charge in [-0.2, -0.15) is 0 Å². The van der Waals surface area contributed by atoms with E-state index >= 15 is 0 Å². The molecule has 1 aromatic carbocycles. The Morgan fingerprint density at radius 1 is 1.25 bits per heavy atom. The summed E-state index contributed by atoms with van der Waals surface area (Å²) in [6.07, 6.45) is 3.15. The van der Waals surface area contributed by atoms with Crippen molar-refractivity contribution in [2.24, 2.45) is 5.92 Å². The van der Waals surface area contributed by atoms with Crippen molar-refractivity contribution in [3.05, 3.63) is 53.2 Å². The summed E-state index contributed by atoms with van der Waals surface area (Å²) in [6.45, 7) is 1.56. The van der Waals surface area contributed by atoms with Crippen molar-refractivity contribution >= 4 is 43.6 Å². The second kappa shape index (κ2) is 8.03. The van der Waals surface area contributed by atoms with Crippen LogP contribution in [-0.2, 0) is 17.6 Å². The predicted octanol–water partition coefficient (Wildman–Crippen LogP) is 4.74. The molecule has 1 saturated carbocycles. The Morgan fingerprint density at radius 2 is 2.04 bits per heavy atom. The number of aliphatic carboxylic acids is 1. The van der Waals surface area contributed by atoms with Gasteiger partial charge < -0.3 is 15.2 Å². The molecule has 1 aliphatic heterocycles. The van der Waals surface area contributed by atoms with Crippen LogP contribution in [0.2, 0.25) is 0 Å². The standard InChI is InChI=1S/C21H22Br2N2O3/c22-21(23)17(12-18(26)27)19(21)13-4-7-16(8-5-13)28-11-9-15-6-3-14-2-1-10-24-20(14)25-15/h3-8,17,19H,1-2,9-12H2,(H,24,25)(H,26,27). The highest BCUT2D eigenvalue weighted by atomic mass is 79.9. The fourth-order valence-electron chi connectivity index (χ4n) is 3.84. The van der Waals surface area contributed by atoms with Gasteiger partial charge in [0, 0.05) is 30.5 Å². The number of ether oxygens (including phenoxy) is 1. The number of rotatable bonds is 7. The lowest BCUT2D eigenvalue weighted by Gasteiger charge is -2.17. The summed E-state index contributed by atoms with van der Waals surface area (Å²) in [5.41, 5.74) is 3.43. The largest absolute Gasteiger partial charge is 0.493 e.